The largest absolute Gasteiger partial charge is 0.355 e. The maximum atomic E-state index is 11.9. The highest BCUT2D eigenvalue weighted by atomic mass is 16.2. The molecule has 1 atom stereocenters. The molecule has 0 radical (unpaired) electrons. The van der Waals surface area contributed by atoms with Crippen LogP contribution in [0.2, 0.25) is 0 Å². The lowest BCUT2D eigenvalue weighted by Crippen LogP contribution is -2.34. The summed E-state index contributed by atoms with van der Waals surface area (Å²) in [6.45, 7) is 2.67. The number of carbonyl (C=O) groups is 2. The Morgan fingerprint density at radius 3 is 2.37 bits per heavy atom. The standard InChI is InChI=1S/C14H21N3O2/c1-10(8-15)14(19)17(3)9-11-4-6-12(7-5-11)13(18)16-2/h4-7,10H,8-9,15H2,1-3H3,(H,16,18). The van der Waals surface area contributed by atoms with Gasteiger partial charge in [-0.3, -0.25) is 9.59 Å². The Labute approximate surface area is 113 Å². The van der Waals surface area contributed by atoms with Crippen LogP contribution >= 0.6 is 0 Å². The fourth-order valence-electron chi connectivity index (χ4n) is 1.73. The summed E-state index contributed by atoms with van der Waals surface area (Å²) in [5, 5.41) is 2.56. The van der Waals surface area contributed by atoms with Crippen molar-refractivity contribution < 1.29 is 9.59 Å². The smallest absolute Gasteiger partial charge is 0.251 e. The van der Waals surface area contributed by atoms with E-state index >= 15 is 0 Å². The molecule has 5 nitrogen and oxygen atoms in total. The van der Waals surface area contributed by atoms with Gasteiger partial charge in [0.15, 0.2) is 0 Å². The SMILES string of the molecule is CNC(=O)c1ccc(CN(C)C(=O)C(C)CN)cc1. The van der Waals surface area contributed by atoms with Gasteiger partial charge in [-0.05, 0) is 17.7 Å². The van der Waals surface area contributed by atoms with E-state index < -0.39 is 0 Å². The predicted molar refractivity (Wildman–Crippen MR) is 74.5 cm³/mol. The van der Waals surface area contributed by atoms with Gasteiger partial charge in [0.2, 0.25) is 5.91 Å². The number of nitrogens with two attached hydrogens (primary N) is 1. The van der Waals surface area contributed by atoms with Gasteiger partial charge in [-0.15, -0.1) is 0 Å². The summed E-state index contributed by atoms with van der Waals surface area (Å²) in [6.07, 6.45) is 0. The Kier molecular flexibility index (Phi) is 5.51. The maximum Gasteiger partial charge on any atom is 0.251 e. The molecule has 1 unspecified atom stereocenters. The van der Waals surface area contributed by atoms with E-state index in [9.17, 15) is 9.59 Å². The molecule has 2 amide bonds. The number of nitrogens with zero attached hydrogens (tertiary/aromatic N) is 1. The van der Waals surface area contributed by atoms with Gasteiger partial charge in [0.05, 0.1) is 0 Å². The van der Waals surface area contributed by atoms with Gasteiger partial charge >= 0.3 is 0 Å². The lowest BCUT2D eigenvalue weighted by molar-refractivity contribution is -0.133. The molecule has 0 saturated carbocycles. The van der Waals surface area contributed by atoms with Gasteiger partial charge in [0.1, 0.15) is 0 Å². The van der Waals surface area contributed by atoms with Gasteiger partial charge in [-0.1, -0.05) is 19.1 Å². The predicted octanol–water partition coefficient (Wildman–Crippen LogP) is 0.599. The first kappa shape index (κ1) is 15.2. The Morgan fingerprint density at radius 1 is 1.32 bits per heavy atom. The number of rotatable bonds is 5. The second-order valence-electron chi connectivity index (χ2n) is 4.61. The number of hydrogen-bond acceptors (Lipinski definition) is 3. The molecule has 0 fully saturated rings. The second kappa shape index (κ2) is 6.89. The molecule has 19 heavy (non-hydrogen) atoms. The maximum absolute atomic E-state index is 11.9. The third-order valence-corrected chi connectivity index (χ3v) is 3.01. The number of amides is 2. The van der Waals surface area contributed by atoms with Gasteiger partial charge in [-0.2, -0.15) is 0 Å². The first-order chi connectivity index (χ1) is 8.99. The van der Waals surface area contributed by atoms with Crippen molar-refractivity contribution in [1.29, 1.82) is 0 Å². The Morgan fingerprint density at radius 2 is 1.89 bits per heavy atom. The molecule has 0 saturated heterocycles. The fourth-order valence-corrected chi connectivity index (χ4v) is 1.73. The fraction of sp³-hybridized carbons (Fsp3) is 0.429. The molecule has 0 aliphatic carbocycles. The molecule has 104 valence electrons. The number of hydrogen-bond donors (Lipinski definition) is 2. The van der Waals surface area contributed by atoms with E-state index in [1.165, 1.54) is 0 Å². The van der Waals surface area contributed by atoms with Crippen LogP contribution in [0.5, 0.6) is 0 Å². The number of benzene rings is 1. The van der Waals surface area contributed by atoms with Crippen molar-refractivity contribution >= 4 is 11.8 Å². The normalized spacial score (nSPS) is 11.8. The summed E-state index contributed by atoms with van der Waals surface area (Å²) >= 11 is 0. The third-order valence-electron chi connectivity index (χ3n) is 3.01. The molecule has 0 aromatic heterocycles. The van der Waals surface area contributed by atoms with Crippen LogP contribution in [0.15, 0.2) is 24.3 Å². The van der Waals surface area contributed by atoms with Crippen LogP contribution < -0.4 is 11.1 Å². The van der Waals surface area contributed by atoms with Crippen LogP contribution in [0, 0.1) is 5.92 Å². The Hall–Kier alpha value is -1.88. The lowest BCUT2D eigenvalue weighted by atomic mass is 10.1. The third kappa shape index (κ3) is 4.06. The second-order valence-corrected chi connectivity index (χ2v) is 4.61. The zero-order valence-corrected chi connectivity index (χ0v) is 11.6. The van der Waals surface area contributed by atoms with Crippen molar-refractivity contribution in [2.75, 3.05) is 20.6 Å². The van der Waals surface area contributed by atoms with Crippen LogP contribution in [0.3, 0.4) is 0 Å². The zero-order chi connectivity index (χ0) is 14.4. The highest BCUT2D eigenvalue weighted by Crippen LogP contribution is 2.09. The number of nitrogens with one attached hydrogen (secondary N) is 1. The highest BCUT2D eigenvalue weighted by molar-refractivity contribution is 5.93. The molecule has 0 aliphatic heterocycles. The van der Waals surface area contributed by atoms with Crippen LogP contribution in [0.1, 0.15) is 22.8 Å². The summed E-state index contributed by atoms with van der Waals surface area (Å²) in [5.74, 6) is -0.263. The summed E-state index contributed by atoms with van der Waals surface area (Å²) in [6, 6.07) is 7.20. The molecule has 1 rings (SSSR count). The summed E-state index contributed by atoms with van der Waals surface area (Å²) in [7, 11) is 3.35. The molecular formula is C14H21N3O2. The van der Waals surface area contributed by atoms with Gasteiger partial charge in [-0.25, -0.2) is 0 Å². The molecule has 0 spiro atoms. The average Bonchev–Trinajstić information content (AvgIpc) is 2.45. The van der Waals surface area contributed by atoms with E-state index in [2.05, 4.69) is 5.32 Å². The lowest BCUT2D eigenvalue weighted by Gasteiger charge is -2.20. The Balaban J connectivity index is 2.68. The molecule has 0 bridgehead atoms. The van der Waals surface area contributed by atoms with Crippen LogP contribution in [-0.4, -0.2) is 37.4 Å². The highest BCUT2D eigenvalue weighted by Gasteiger charge is 2.16. The van der Waals surface area contributed by atoms with Crippen molar-refractivity contribution in [2.24, 2.45) is 11.7 Å². The van der Waals surface area contributed by atoms with Crippen molar-refractivity contribution in [1.82, 2.24) is 10.2 Å². The summed E-state index contributed by atoms with van der Waals surface area (Å²) in [4.78, 5) is 24.9. The monoisotopic (exact) mass is 263 g/mol. The first-order valence-electron chi connectivity index (χ1n) is 6.25. The number of carbonyl (C=O) groups excluding carboxylic acids is 2. The zero-order valence-electron chi connectivity index (χ0n) is 11.6. The average molecular weight is 263 g/mol. The molecule has 3 N–H and O–H groups in total. The van der Waals surface area contributed by atoms with Crippen molar-refractivity contribution in [3.05, 3.63) is 35.4 Å². The van der Waals surface area contributed by atoms with Crippen molar-refractivity contribution in [3.8, 4) is 0 Å². The quantitative estimate of drug-likeness (QED) is 0.817. The van der Waals surface area contributed by atoms with E-state index in [0.29, 0.717) is 18.7 Å². The van der Waals surface area contributed by atoms with Crippen molar-refractivity contribution in [2.45, 2.75) is 13.5 Å². The van der Waals surface area contributed by atoms with Crippen molar-refractivity contribution in [3.63, 3.8) is 0 Å². The minimum absolute atomic E-state index is 0.0258. The van der Waals surface area contributed by atoms with Crippen LogP contribution in [0.4, 0.5) is 0 Å². The van der Waals surface area contributed by atoms with Gasteiger partial charge < -0.3 is 16.0 Å². The summed E-state index contributed by atoms with van der Waals surface area (Å²) < 4.78 is 0. The molecule has 1 aromatic carbocycles. The van der Waals surface area contributed by atoms with E-state index in [0.717, 1.165) is 5.56 Å². The molecular weight excluding hydrogens is 242 g/mol. The van der Waals surface area contributed by atoms with E-state index in [1.54, 1.807) is 31.1 Å². The van der Waals surface area contributed by atoms with Gasteiger partial charge in [0.25, 0.3) is 5.91 Å². The summed E-state index contributed by atoms with van der Waals surface area (Å²) in [5.41, 5.74) is 7.07. The minimum atomic E-state index is -0.171. The van der Waals surface area contributed by atoms with E-state index in [1.807, 2.05) is 19.1 Å². The van der Waals surface area contributed by atoms with E-state index in [-0.39, 0.29) is 17.7 Å². The van der Waals surface area contributed by atoms with Gasteiger partial charge in [0, 0.05) is 38.7 Å². The molecule has 1 aromatic rings. The van der Waals surface area contributed by atoms with Crippen LogP contribution in [0.25, 0.3) is 0 Å². The van der Waals surface area contributed by atoms with Crippen LogP contribution in [-0.2, 0) is 11.3 Å². The molecule has 0 heterocycles. The van der Waals surface area contributed by atoms with E-state index in [4.69, 9.17) is 5.73 Å². The molecule has 5 heteroatoms. The Bertz CT molecular complexity index is 443. The topological polar surface area (TPSA) is 75.4 Å². The first-order valence-corrected chi connectivity index (χ1v) is 6.25. The minimum Gasteiger partial charge on any atom is -0.355 e. The molecule has 0 aliphatic rings.